The van der Waals surface area contributed by atoms with Crippen LogP contribution < -0.4 is 14.2 Å². The van der Waals surface area contributed by atoms with Crippen LogP contribution in [-0.2, 0) is 6.42 Å². The van der Waals surface area contributed by atoms with E-state index in [1.165, 1.54) is 7.11 Å². The van der Waals surface area contributed by atoms with Gasteiger partial charge in [-0.15, -0.1) is 0 Å². The minimum atomic E-state index is -0.563. The number of para-hydroxylation sites is 2. The molecule has 1 aromatic carbocycles. The largest absolute Gasteiger partial charge is 0.486 e. The van der Waals surface area contributed by atoms with E-state index in [0.29, 0.717) is 25.3 Å². The van der Waals surface area contributed by atoms with Crippen LogP contribution in [0.3, 0.4) is 0 Å². The fourth-order valence-electron chi connectivity index (χ4n) is 2.14. The lowest BCUT2D eigenvalue weighted by atomic mass is 10.1. The Bertz CT molecular complexity index is 636. The van der Waals surface area contributed by atoms with Crippen molar-refractivity contribution < 1.29 is 18.6 Å². The summed E-state index contributed by atoms with van der Waals surface area (Å²) in [6.45, 7) is 0.481. The van der Waals surface area contributed by atoms with E-state index < -0.39 is 5.82 Å². The molecule has 2 heterocycles. The molecule has 110 valence electrons. The van der Waals surface area contributed by atoms with Crippen LogP contribution in [0.15, 0.2) is 30.5 Å². The minimum Gasteiger partial charge on any atom is -0.486 e. The standard InChI is InChI=1S/C15H15FN2O3/c1-19-15-11(16)8-17-14(18-15)7-6-10-9-20-12-4-2-3-5-13(12)21-10/h2-5,8,10H,6-7,9H2,1H3/t10-/m0/s1. The summed E-state index contributed by atoms with van der Waals surface area (Å²) in [6, 6.07) is 7.55. The molecule has 0 aliphatic carbocycles. The normalized spacial score (nSPS) is 16.6. The Morgan fingerprint density at radius 3 is 2.95 bits per heavy atom. The number of nitrogens with zero attached hydrogens (tertiary/aromatic N) is 2. The lowest BCUT2D eigenvalue weighted by Gasteiger charge is -2.26. The first kappa shape index (κ1) is 13.6. The number of benzene rings is 1. The van der Waals surface area contributed by atoms with Gasteiger partial charge in [0.1, 0.15) is 18.5 Å². The number of aromatic nitrogens is 2. The van der Waals surface area contributed by atoms with Crippen molar-refractivity contribution in [2.75, 3.05) is 13.7 Å². The minimum absolute atomic E-state index is 0.0360. The highest BCUT2D eigenvalue weighted by Crippen LogP contribution is 2.31. The predicted molar refractivity (Wildman–Crippen MR) is 73.2 cm³/mol. The third-order valence-electron chi connectivity index (χ3n) is 3.21. The molecule has 6 heteroatoms. The number of ether oxygens (including phenoxy) is 3. The van der Waals surface area contributed by atoms with Crippen LogP contribution in [0.5, 0.6) is 17.4 Å². The summed E-state index contributed by atoms with van der Waals surface area (Å²) >= 11 is 0. The van der Waals surface area contributed by atoms with E-state index in [1.54, 1.807) is 0 Å². The van der Waals surface area contributed by atoms with Crippen molar-refractivity contribution in [3.8, 4) is 17.4 Å². The van der Waals surface area contributed by atoms with Gasteiger partial charge in [-0.2, -0.15) is 9.37 Å². The van der Waals surface area contributed by atoms with E-state index in [2.05, 4.69) is 9.97 Å². The number of hydrogen-bond donors (Lipinski definition) is 0. The van der Waals surface area contributed by atoms with Gasteiger partial charge in [0, 0.05) is 6.42 Å². The second kappa shape index (κ2) is 5.95. The first-order valence-electron chi connectivity index (χ1n) is 6.70. The number of fused-ring (bicyclic) bond motifs is 1. The molecule has 0 spiro atoms. The van der Waals surface area contributed by atoms with Gasteiger partial charge in [0.25, 0.3) is 5.88 Å². The van der Waals surface area contributed by atoms with Gasteiger partial charge in [-0.3, -0.25) is 0 Å². The van der Waals surface area contributed by atoms with Gasteiger partial charge < -0.3 is 14.2 Å². The molecule has 0 bridgehead atoms. The van der Waals surface area contributed by atoms with Crippen LogP contribution in [0, 0.1) is 5.82 Å². The van der Waals surface area contributed by atoms with Crippen LogP contribution in [0.25, 0.3) is 0 Å². The van der Waals surface area contributed by atoms with Gasteiger partial charge in [-0.25, -0.2) is 4.98 Å². The van der Waals surface area contributed by atoms with Gasteiger partial charge >= 0.3 is 0 Å². The molecular formula is C15H15FN2O3. The molecule has 0 amide bonds. The van der Waals surface area contributed by atoms with Crippen molar-refractivity contribution in [3.05, 3.63) is 42.1 Å². The highest BCUT2D eigenvalue weighted by atomic mass is 19.1. The van der Waals surface area contributed by atoms with Crippen molar-refractivity contribution in [2.45, 2.75) is 18.9 Å². The molecule has 1 aliphatic heterocycles. The highest BCUT2D eigenvalue weighted by molar-refractivity contribution is 5.40. The molecule has 2 aromatic rings. The van der Waals surface area contributed by atoms with Crippen molar-refractivity contribution in [1.29, 1.82) is 0 Å². The van der Waals surface area contributed by atoms with Crippen LogP contribution in [0.1, 0.15) is 12.2 Å². The fourth-order valence-corrected chi connectivity index (χ4v) is 2.14. The lowest BCUT2D eigenvalue weighted by molar-refractivity contribution is 0.0847. The zero-order chi connectivity index (χ0) is 14.7. The SMILES string of the molecule is COc1nc(CC[C@H]2COc3ccccc3O2)ncc1F. The van der Waals surface area contributed by atoms with E-state index in [1.807, 2.05) is 24.3 Å². The Morgan fingerprint density at radius 1 is 1.33 bits per heavy atom. The Hall–Kier alpha value is -2.37. The zero-order valence-electron chi connectivity index (χ0n) is 11.6. The summed E-state index contributed by atoms with van der Waals surface area (Å²) in [7, 11) is 1.38. The van der Waals surface area contributed by atoms with Crippen molar-refractivity contribution >= 4 is 0 Å². The number of rotatable bonds is 4. The Morgan fingerprint density at radius 2 is 2.14 bits per heavy atom. The summed E-state index contributed by atoms with van der Waals surface area (Å²) < 4.78 is 29.6. The maximum absolute atomic E-state index is 13.2. The third kappa shape index (κ3) is 3.04. The molecule has 0 unspecified atom stereocenters. The predicted octanol–water partition coefficient (Wildman–Crippen LogP) is 2.40. The van der Waals surface area contributed by atoms with Gasteiger partial charge in [0.15, 0.2) is 11.5 Å². The van der Waals surface area contributed by atoms with Crippen molar-refractivity contribution in [1.82, 2.24) is 9.97 Å². The first-order valence-corrected chi connectivity index (χ1v) is 6.70. The lowest BCUT2D eigenvalue weighted by Crippen LogP contribution is -2.29. The van der Waals surface area contributed by atoms with Gasteiger partial charge in [0.05, 0.1) is 13.3 Å². The van der Waals surface area contributed by atoms with E-state index in [0.717, 1.165) is 17.7 Å². The molecule has 0 N–H and O–H groups in total. The monoisotopic (exact) mass is 290 g/mol. The van der Waals surface area contributed by atoms with Gasteiger partial charge in [0.2, 0.25) is 5.82 Å². The second-order valence-electron chi connectivity index (χ2n) is 4.68. The summed E-state index contributed by atoms with van der Waals surface area (Å²) in [5, 5.41) is 0. The first-order chi connectivity index (χ1) is 10.3. The Balaban J connectivity index is 1.61. The van der Waals surface area contributed by atoms with E-state index in [-0.39, 0.29) is 12.0 Å². The summed E-state index contributed by atoms with van der Waals surface area (Å²) in [4.78, 5) is 7.97. The van der Waals surface area contributed by atoms with Crippen LogP contribution in [0.4, 0.5) is 4.39 Å². The maximum atomic E-state index is 13.2. The number of methoxy groups -OCH3 is 1. The highest BCUT2D eigenvalue weighted by Gasteiger charge is 2.21. The molecule has 1 aromatic heterocycles. The Kier molecular flexibility index (Phi) is 3.85. The van der Waals surface area contributed by atoms with Crippen molar-refractivity contribution in [3.63, 3.8) is 0 Å². The van der Waals surface area contributed by atoms with Crippen LogP contribution >= 0.6 is 0 Å². The topological polar surface area (TPSA) is 53.5 Å². The average Bonchev–Trinajstić information content (AvgIpc) is 2.54. The van der Waals surface area contributed by atoms with Gasteiger partial charge in [-0.1, -0.05) is 12.1 Å². The quantitative estimate of drug-likeness (QED) is 0.865. The molecule has 3 rings (SSSR count). The zero-order valence-corrected chi connectivity index (χ0v) is 11.6. The average molecular weight is 290 g/mol. The smallest absolute Gasteiger partial charge is 0.253 e. The number of hydrogen-bond acceptors (Lipinski definition) is 5. The van der Waals surface area contributed by atoms with Crippen LogP contribution in [-0.4, -0.2) is 29.8 Å². The van der Waals surface area contributed by atoms with E-state index >= 15 is 0 Å². The molecule has 0 saturated carbocycles. The van der Waals surface area contributed by atoms with Gasteiger partial charge in [-0.05, 0) is 18.6 Å². The van der Waals surface area contributed by atoms with Crippen molar-refractivity contribution in [2.24, 2.45) is 0 Å². The molecule has 21 heavy (non-hydrogen) atoms. The summed E-state index contributed by atoms with van der Waals surface area (Å²) in [6.07, 6.45) is 2.30. The molecule has 1 aliphatic rings. The fraction of sp³-hybridized carbons (Fsp3) is 0.333. The van der Waals surface area contributed by atoms with Crippen LogP contribution in [0.2, 0.25) is 0 Å². The molecule has 0 saturated heterocycles. The second-order valence-corrected chi connectivity index (χ2v) is 4.68. The van der Waals surface area contributed by atoms with E-state index in [4.69, 9.17) is 14.2 Å². The number of aryl methyl sites for hydroxylation is 1. The van der Waals surface area contributed by atoms with E-state index in [9.17, 15) is 4.39 Å². The number of halogens is 1. The third-order valence-corrected chi connectivity index (χ3v) is 3.21. The molecule has 5 nitrogen and oxygen atoms in total. The maximum Gasteiger partial charge on any atom is 0.253 e. The molecule has 0 fully saturated rings. The molecule has 0 radical (unpaired) electrons. The Labute approximate surface area is 121 Å². The summed E-state index contributed by atoms with van der Waals surface area (Å²) in [5.41, 5.74) is 0. The molecular weight excluding hydrogens is 275 g/mol. The summed E-state index contributed by atoms with van der Waals surface area (Å²) in [5.74, 6) is 1.43. The molecule has 1 atom stereocenters.